The third-order valence-electron chi connectivity index (χ3n) is 3.49. The number of halogens is 1. The molecule has 0 spiro atoms. The standard InChI is InChI=1S/C17H18BrNO/c1-12-9-10-14(11-15(12)18)19-16(20)17(2,3)13-7-5-4-6-8-13/h4-11H,1-3H3,(H,19,20). The molecule has 2 rings (SSSR count). The molecule has 0 aliphatic heterocycles. The van der Waals surface area contributed by atoms with E-state index >= 15 is 0 Å². The molecule has 2 aromatic carbocycles. The number of benzene rings is 2. The summed E-state index contributed by atoms with van der Waals surface area (Å²) in [5.41, 5.74) is 2.38. The Balaban J connectivity index is 2.21. The van der Waals surface area contributed by atoms with Crippen molar-refractivity contribution in [1.29, 1.82) is 0 Å². The smallest absolute Gasteiger partial charge is 0.234 e. The topological polar surface area (TPSA) is 29.1 Å². The highest BCUT2D eigenvalue weighted by atomic mass is 79.9. The normalized spacial score (nSPS) is 11.2. The second kappa shape index (κ2) is 5.80. The third-order valence-corrected chi connectivity index (χ3v) is 4.35. The van der Waals surface area contributed by atoms with Crippen molar-refractivity contribution in [3.8, 4) is 0 Å². The van der Waals surface area contributed by atoms with Gasteiger partial charge >= 0.3 is 0 Å². The van der Waals surface area contributed by atoms with Crippen LogP contribution in [-0.4, -0.2) is 5.91 Å². The molecule has 0 saturated carbocycles. The molecule has 20 heavy (non-hydrogen) atoms. The summed E-state index contributed by atoms with van der Waals surface area (Å²) in [6.45, 7) is 5.88. The Morgan fingerprint density at radius 3 is 2.35 bits per heavy atom. The lowest BCUT2D eigenvalue weighted by molar-refractivity contribution is -0.120. The van der Waals surface area contributed by atoms with Crippen molar-refractivity contribution >= 4 is 27.5 Å². The van der Waals surface area contributed by atoms with Crippen molar-refractivity contribution in [2.75, 3.05) is 5.32 Å². The zero-order valence-corrected chi connectivity index (χ0v) is 13.5. The van der Waals surface area contributed by atoms with Gasteiger partial charge in [0.2, 0.25) is 5.91 Å². The summed E-state index contributed by atoms with van der Waals surface area (Å²) in [5.74, 6) is -0.0144. The van der Waals surface area contributed by atoms with Crippen LogP contribution in [0.2, 0.25) is 0 Å². The number of nitrogens with one attached hydrogen (secondary N) is 1. The molecule has 0 fully saturated rings. The predicted octanol–water partition coefficient (Wildman–Crippen LogP) is 4.67. The largest absolute Gasteiger partial charge is 0.325 e. The van der Waals surface area contributed by atoms with E-state index in [4.69, 9.17) is 0 Å². The Bertz CT molecular complexity index is 620. The predicted molar refractivity (Wildman–Crippen MR) is 87.0 cm³/mol. The van der Waals surface area contributed by atoms with E-state index in [1.54, 1.807) is 0 Å². The van der Waals surface area contributed by atoms with E-state index < -0.39 is 5.41 Å². The van der Waals surface area contributed by atoms with E-state index in [1.807, 2.05) is 69.3 Å². The van der Waals surface area contributed by atoms with Crippen molar-refractivity contribution < 1.29 is 4.79 Å². The van der Waals surface area contributed by atoms with Gasteiger partial charge in [0, 0.05) is 10.2 Å². The van der Waals surface area contributed by atoms with E-state index in [1.165, 1.54) is 0 Å². The van der Waals surface area contributed by atoms with E-state index in [2.05, 4.69) is 21.2 Å². The molecule has 0 unspecified atom stereocenters. The average Bonchev–Trinajstić information content (AvgIpc) is 2.44. The summed E-state index contributed by atoms with van der Waals surface area (Å²) in [6.07, 6.45) is 0. The van der Waals surface area contributed by atoms with Crippen LogP contribution in [0.1, 0.15) is 25.0 Å². The molecule has 1 N–H and O–H groups in total. The highest BCUT2D eigenvalue weighted by molar-refractivity contribution is 9.10. The minimum atomic E-state index is -0.571. The van der Waals surface area contributed by atoms with E-state index in [0.717, 1.165) is 21.3 Å². The van der Waals surface area contributed by atoms with Crippen molar-refractivity contribution in [3.05, 3.63) is 64.1 Å². The molecule has 0 bridgehead atoms. The first-order valence-corrected chi connectivity index (χ1v) is 7.33. The summed E-state index contributed by atoms with van der Waals surface area (Å²) in [7, 11) is 0. The molecule has 0 heterocycles. The van der Waals surface area contributed by atoms with Crippen LogP contribution in [0.25, 0.3) is 0 Å². The summed E-state index contributed by atoms with van der Waals surface area (Å²) in [5, 5.41) is 2.98. The average molecular weight is 332 g/mol. The molecule has 0 saturated heterocycles. The summed E-state index contributed by atoms with van der Waals surface area (Å²) in [4.78, 5) is 12.5. The van der Waals surface area contributed by atoms with Crippen LogP contribution >= 0.6 is 15.9 Å². The monoisotopic (exact) mass is 331 g/mol. The summed E-state index contributed by atoms with van der Waals surface area (Å²) < 4.78 is 0.993. The second-order valence-corrected chi connectivity index (χ2v) is 6.26. The Labute approximate surface area is 128 Å². The van der Waals surface area contributed by atoms with Crippen molar-refractivity contribution in [2.45, 2.75) is 26.2 Å². The fourth-order valence-electron chi connectivity index (χ4n) is 1.94. The van der Waals surface area contributed by atoms with Gasteiger partial charge in [-0.15, -0.1) is 0 Å². The SMILES string of the molecule is Cc1ccc(NC(=O)C(C)(C)c2ccccc2)cc1Br. The summed E-state index contributed by atoms with van der Waals surface area (Å²) in [6, 6.07) is 15.6. The first-order chi connectivity index (χ1) is 9.41. The molecule has 0 aliphatic rings. The molecular formula is C17H18BrNO. The number of anilines is 1. The fraction of sp³-hybridized carbons (Fsp3) is 0.235. The molecule has 0 aliphatic carbocycles. The van der Waals surface area contributed by atoms with Crippen LogP contribution < -0.4 is 5.32 Å². The lowest BCUT2D eigenvalue weighted by Gasteiger charge is -2.24. The lowest BCUT2D eigenvalue weighted by Crippen LogP contribution is -2.34. The molecule has 0 radical (unpaired) electrons. The number of carbonyl (C=O) groups excluding carboxylic acids is 1. The minimum absolute atomic E-state index is 0.0144. The Morgan fingerprint density at radius 1 is 1.10 bits per heavy atom. The zero-order valence-electron chi connectivity index (χ0n) is 11.9. The van der Waals surface area contributed by atoms with Gasteiger partial charge in [-0.05, 0) is 44.0 Å². The van der Waals surface area contributed by atoms with Crippen LogP contribution in [0, 0.1) is 6.92 Å². The van der Waals surface area contributed by atoms with Crippen LogP contribution in [0.4, 0.5) is 5.69 Å². The van der Waals surface area contributed by atoms with Gasteiger partial charge in [-0.2, -0.15) is 0 Å². The molecular weight excluding hydrogens is 314 g/mol. The first kappa shape index (κ1) is 14.8. The van der Waals surface area contributed by atoms with Crippen LogP contribution in [-0.2, 0) is 10.2 Å². The fourth-order valence-corrected chi connectivity index (χ4v) is 2.32. The van der Waals surface area contributed by atoms with Gasteiger partial charge in [0.05, 0.1) is 5.41 Å². The van der Waals surface area contributed by atoms with Crippen molar-refractivity contribution in [3.63, 3.8) is 0 Å². The Hall–Kier alpha value is -1.61. The third kappa shape index (κ3) is 3.10. The zero-order chi connectivity index (χ0) is 14.8. The lowest BCUT2D eigenvalue weighted by atomic mass is 9.83. The van der Waals surface area contributed by atoms with Crippen LogP contribution in [0.5, 0.6) is 0 Å². The van der Waals surface area contributed by atoms with E-state index in [9.17, 15) is 4.79 Å². The van der Waals surface area contributed by atoms with Gasteiger partial charge in [0.15, 0.2) is 0 Å². The van der Waals surface area contributed by atoms with Gasteiger partial charge in [0.25, 0.3) is 0 Å². The highest BCUT2D eigenvalue weighted by Crippen LogP contribution is 2.26. The Morgan fingerprint density at radius 2 is 1.75 bits per heavy atom. The number of hydrogen-bond acceptors (Lipinski definition) is 1. The van der Waals surface area contributed by atoms with Crippen molar-refractivity contribution in [2.24, 2.45) is 0 Å². The maximum Gasteiger partial charge on any atom is 0.234 e. The molecule has 0 atom stereocenters. The molecule has 104 valence electrons. The maximum atomic E-state index is 12.5. The molecule has 1 amide bonds. The maximum absolute atomic E-state index is 12.5. The van der Waals surface area contributed by atoms with Gasteiger partial charge in [-0.25, -0.2) is 0 Å². The molecule has 0 aromatic heterocycles. The Kier molecular flexibility index (Phi) is 4.29. The first-order valence-electron chi connectivity index (χ1n) is 6.54. The van der Waals surface area contributed by atoms with E-state index in [0.29, 0.717) is 0 Å². The number of aryl methyl sites for hydroxylation is 1. The molecule has 3 heteroatoms. The van der Waals surface area contributed by atoms with Gasteiger partial charge in [-0.1, -0.05) is 52.3 Å². The van der Waals surface area contributed by atoms with Crippen LogP contribution in [0.15, 0.2) is 53.0 Å². The number of carbonyl (C=O) groups is 1. The van der Waals surface area contributed by atoms with Gasteiger partial charge < -0.3 is 5.32 Å². The molecule has 2 aromatic rings. The van der Waals surface area contributed by atoms with Crippen LogP contribution in [0.3, 0.4) is 0 Å². The summed E-state index contributed by atoms with van der Waals surface area (Å²) >= 11 is 3.48. The van der Waals surface area contributed by atoms with Crippen molar-refractivity contribution in [1.82, 2.24) is 0 Å². The van der Waals surface area contributed by atoms with Gasteiger partial charge in [-0.3, -0.25) is 4.79 Å². The number of rotatable bonds is 3. The van der Waals surface area contributed by atoms with E-state index in [-0.39, 0.29) is 5.91 Å². The molecule has 2 nitrogen and oxygen atoms in total. The minimum Gasteiger partial charge on any atom is -0.325 e. The number of hydrogen-bond donors (Lipinski definition) is 1. The number of amides is 1. The highest BCUT2D eigenvalue weighted by Gasteiger charge is 2.29. The second-order valence-electron chi connectivity index (χ2n) is 5.41. The quantitative estimate of drug-likeness (QED) is 0.869. The van der Waals surface area contributed by atoms with Gasteiger partial charge in [0.1, 0.15) is 0 Å².